The molecule has 34 heavy (non-hydrogen) atoms. The summed E-state index contributed by atoms with van der Waals surface area (Å²) in [4.78, 5) is 42.9. The number of nitrogens with zero attached hydrogens (tertiary/aromatic N) is 4. The van der Waals surface area contributed by atoms with Gasteiger partial charge in [-0.05, 0) is 49.2 Å². The molecule has 0 spiro atoms. The van der Waals surface area contributed by atoms with Crippen LogP contribution >= 0.6 is 11.6 Å². The van der Waals surface area contributed by atoms with Gasteiger partial charge in [0, 0.05) is 44.0 Å². The molecule has 2 heterocycles. The van der Waals surface area contributed by atoms with E-state index >= 15 is 0 Å². The van der Waals surface area contributed by atoms with Crippen LogP contribution in [0.1, 0.15) is 58.6 Å². The Bertz CT molecular complexity index is 1880. The normalized spacial score (nSPS) is 18.6. The Morgan fingerprint density at radius 1 is 1.29 bits per heavy atom. The molecule has 2 aromatic carbocycles. The lowest BCUT2D eigenvalue weighted by Gasteiger charge is -2.21. The standard InChI is InChI=1S/C24H25ClN6O3/c1-12-8-15(13(2)28-18-7-6-14(25)10-16(18)21(26)32)20-17(9-12)23(33)30(5)22-19(24(34)29(3)4)27-11-31(20)22/h6-11,13,28H,1-5H3,(H2,26,32)/i3D3,4D3,5D3,13D. The van der Waals surface area contributed by atoms with E-state index < -0.39 is 60.6 Å². The van der Waals surface area contributed by atoms with Crippen molar-refractivity contribution in [1.82, 2.24) is 18.9 Å². The van der Waals surface area contributed by atoms with E-state index in [1.54, 1.807) is 6.92 Å². The van der Waals surface area contributed by atoms with E-state index in [1.807, 2.05) is 0 Å². The fraction of sp³-hybridized carbons (Fsp3) is 0.250. The Morgan fingerprint density at radius 3 is 2.74 bits per heavy atom. The first kappa shape index (κ1) is 13.8. The van der Waals surface area contributed by atoms with E-state index in [1.165, 1.54) is 37.3 Å². The molecule has 4 aromatic rings. The van der Waals surface area contributed by atoms with Gasteiger partial charge in [0.1, 0.15) is 6.33 Å². The highest BCUT2D eigenvalue weighted by Gasteiger charge is 2.23. The molecule has 2 aromatic heterocycles. The molecular formula is C24H25ClN6O3. The summed E-state index contributed by atoms with van der Waals surface area (Å²) in [5, 5.41) is 2.86. The average Bonchev–Trinajstić information content (AvgIpc) is 3.26. The maximum atomic E-state index is 13.9. The number of nitrogens with two attached hydrogens (primary N) is 1. The van der Waals surface area contributed by atoms with Gasteiger partial charge in [0.2, 0.25) is 0 Å². The van der Waals surface area contributed by atoms with Crippen LogP contribution in [-0.2, 0) is 6.98 Å². The molecule has 10 heteroatoms. The third-order valence-corrected chi connectivity index (χ3v) is 5.50. The molecule has 0 aliphatic rings. The van der Waals surface area contributed by atoms with Crippen LogP contribution in [0.2, 0.25) is 5.02 Å². The van der Waals surface area contributed by atoms with Crippen LogP contribution in [0.4, 0.5) is 5.69 Å². The monoisotopic (exact) mass is 490 g/mol. The summed E-state index contributed by atoms with van der Waals surface area (Å²) in [6.45, 7) is -7.28. The number of carbonyl (C=O) groups is 2. The summed E-state index contributed by atoms with van der Waals surface area (Å²) in [5.74, 6) is -2.54. The predicted octanol–water partition coefficient (Wildman–Crippen LogP) is 3.12. The Morgan fingerprint density at radius 2 is 2.06 bits per heavy atom. The highest BCUT2D eigenvalue weighted by Crippen LogP contribution is 2.30. The molecule has 2 amide bonds. The van der Waals surface area contributed by atoms with Crippen molar-refractivity contribution in [2.75, 3.05) is 19.3 Å². The molecule has 9 nitrogen and oxygen atoms in total. The Balaban J connectivity index is 2.13. The Labute approximate surface area is 214 Å². The van der Waals surface area contributed by atoms with Gasteiger partial charge in [-0.25, -0.2) is 4.98 Å². The number of benzene rings is 2. The summed E-state index contributed by atoms with van der Waals surface area (Å²) in [6.07, 6.45) is 0.926. The molecule has 0 fully saturated rings. The van der Waals surface area contributed by atoms with Crippen LogP contribution in [0.5, 0.6) is 0 Å². The third-order valence-electron chi connectivity index (χ3n) is 5.26. The summed E-state index contributed by atoms with van der Waals surface area (Å²) in [7, 11) is 0. The van der Waals surface area contributed by atoms with Gasteiger partial charge < -0.3 is 16.0 Å². The van der Waals surface area contributed by atoms with E-state index in [2.05, 4.69) is 10.3 Å². The fourth-order valence-corrected chi connectivity index (χ4v) is 3.95. The molecule has 0 bridgehead atoms. The lowest BCUT2D eigenvalue weighted by atomic mass is 10.00. The average molecular weight is 491 g/mol. The molecule has 1 unspecified atom stereocenters. The van der Waals surface area contributed by atoms with Gasteiger partial charge in [0.05, 0.1) is 23.9 Å². The van der Waals surface area contributed by atoms with Crippen molar-refractivity contribution in [3.63, 3.8) is 0 Å². The number of primary amides is 1. The second kappa shape index (κ2) is 8.49. The van der Waals surface area contributed by atoms with E-state index in [0.717, 1.165) is 10.7 Å². The first-order valence-electron chi connectivity index (χ1n) is 14.8. The first-order valence-corrected chi connectivity index (χ1v) is 10.1. The molecule has 176 valence electrons. The van der Waals surface area contributed by atoms with Crippen molar-refractivity contribution in [2.24, 2.45) is 12.7 Å². The van der Waals surface area contributed by atoms with Crippen LogP contribution in [0.3, 0.4) is 0 Å². The second-order valence-corrected chi connectivity index (χ2v) is 8.02. The van der Waals surface area contributed by atoms with Gasteiger partial charge in [-0.1, -0.05) is 17.7 Å². The van der Waals surface area contributed by atoms with Crippen molar-refractivity contribution in [1.29, 1.82) is 0 Å². The van der Waals surface area contributed by atoms with Crippen molar-refractivity contribution in [3.05, 3.63) is 74.4 Å². The number of imidazole rings is 1. The summed E-state index contributed by atoms with van der Waals surface area (Å²) in [6, 6.07) is 5.11. The molecule has 4 rings (SSSR count). The zero-order valence-electron chi connectivity index (χ0n) is 27.9. The van der Waals surface area contributed by atoms with Crippen LogP contribution < -0.4 is 16.6 Å². The van der Waals surface area contributed by atoms with Crippen molar-refractivity contribution >= 4 is 45.7 Å². The minimum Gasteiger partial charge on any atom is -0.378 e. The van der Waals surface area contributed by atoms with Crippen LogP contribution in [0.15, 0.2) is 41.5 Å². The van der Waals surface area contributed by atoms with E-state index in [9.17, 15) is 15.8 Å². The van der Waals surface area contributed by atoms with Gasteiger partial charge >= 0.3 is 0 Å². The number of hydrogen-bond donors (Lipinski definition) is 2. The second-order valence-electron chi connectivity index (χ2n) is 7.58. The highest BCUT2D eigenvalue weighted by molar-refractivity contribution is 6.31. The van der Waals surface area contributed by atoms with E-state index in [-0.39, 0.29) is 37.3 Å². The fourth-order valence-electron chi connectivity index (χ4n) is 3.78. The summed E-state index contributed by atoms with van der Waals surface area (Å²) < 4.78 is 80.5. The topological polar surface area (TPSA) is 115 Å². The molecule has 3 N–H and O–H groups in total. The first-order chi connectivity index (χ1) is 20.0. The quantitative estimate of drug-likeness (QED) is 0.446. The minimum absolute atomic E-state index is 0.0394. The number of halogens is 1. The molecule has 0 aliphatic carbocycles. The molecule has 0 saturated carbocycles. The van der Waals surface area contributed by atoms with Gasteiger partial charge in [-0.2, -0.15) is 0 Å². The number of fused-ring (bicyclic) bond motifs is 3. The Kier molecular flexibility index (Phi) is 3.44. The molecular weight excluding hydrogens is 456 g/mol. The number of hydrogen-bond acceptors (Lipinski definition) is 5. The molecule has 1 atom stereocenters. The number of aromatic nitrogens is 3. The van der Waals surface area contributed by atoms with Crippen LogP contribution in [0, 0.1) is 6.92 Å². The van der Waals surface area contributed by atoms with Crippen LogP contribution in [-0.4, -0.2) is 44.6 Å². The van der Waals surface area contributed by atoms with Gasteiger partial charge in [-0.15, -0.1) is 0 Å². The van der Waals surface area contributed by atoms with Gasteiger partial charge in [0.15, 0.2) is 11.3 Å². The molecule has 0 radical (unpaired) electrons. The lowest BCUT2D eigenvalue weighted by molar-refractivity contribution is 0.0823. The number of rotatable bonds is 5. The van der Waals surface area contributed by atoms with E-state index in [4.69, 9.17) is 29.7 Å². The number of carbonyl (C=O) groups excluding carboxylic acids is 2. The molecule has 0 saturated heterocycles. The lowest BCUT2D eigenvalue weighted by Crippen LogP contribution is -2.26. The van der Waals surface area contributed by atoms with Crippen molar-refractivity contribution in [3.8, 4) is 0 Å². The summed E-state index contributed by atoms with van der Waals surface area (Å²) in [5.41, 5.74) is 3.11. The molecule has 0 aliphatic heterocycles. The zero-order chi connectivity index (χ0) is 33.3. The van der Waals surface area contributed by atoms with Crippen molar-refractivity contribution < 1.29 is 23.3 Å². The SMILES string of the molecule is [2H]C(C)(Nc1ccc(Cl)cc1C(N)=O)c1cc(C)cc2c(=O)n(C([2H])([2H])[2H])c3c(C(=O)N(C([2H])([2H])[2H])C([2H])([2H])[2H])ncn3c12. The van der Waals surface area contributed by atoms with E-state index in [0.29, 0.717) is 5.56 Å². The zero-order valence-corrected chi connectivity index (χ0v) is 18.7. The largest absolute Gasteiger partial charge is 0.378 e. The number of aryl methyl sites for hydroxylation is 2. The number of anilines is 1. The summed E-state index contributed by atoms with van der Waals surface area (Å²) >= 11 is 6.01. The maximum Gasteiger partial charge on any atom is 0.275 e. The van der Waals surface area contributed by atoms with Crippen LogP contribution in [0.25, 0.3) is 16.6 Å². The Hall–Kier alpha value is -3.85. The smallest absolute Gasteiger partial charge is 0.275 e. The third kappa shape index (κ3) is 3.77. The predicted molar refractivity (Wildman–Crippen MR) is 133 cm³/mol. The minimum atomic E-state index is -3.50. The maximum absolute atomic E-state index is 13.9. The van der Waals surface area contributed by atoms with Gasteiger partial charge in [-0.3, -0.25) is 23.4 Å². The van der Waals surface area contributed by atoms with Crippen molar-refractivity contribution in [2.45, 2.75) is 19.9 Å². The van der Waals surface area contributed by atoms with Gasteiger partial charge in [0.25, 0.3) is 17.4 Å². The number of amides is 2. The number of nitrogens with one attached hydrogen (secondary N) is 1. The highest BCUT2D eigenvalue weighted by atomic mass is 35.5.